The minimum Gasteiger partial charge on any atom is -0.351 e. The van der Waals surface area contributed by atoms with Crippen molar-refractivity contribution in [2.45, 2.75) is 25.7 Å². The van der Waals surface area contributed by atoms with E-state index in [1.807, 2.05) is 0 Å². The highest BCUT2D eigenvalue weighted by Gasteiger charge is 2.13. The van der Waals surface area contributed by atoms with E-state index >= 15 is 0 Å². The van der Waals surface area contributed by atoms with E-state index in [0.29, 0.717) is 5.69 Å². The summed E-state index contributed by atoms with van der Waals surface area (Å²) in [6, 6.07) is 5.38. The molecule has 0 radical (unpaired) electrons. The summed E-state index contributed by atoms with van der Waals surface area (Å²) in [5.41, 5.74) is 4.96. The SMILES string of the molecule is CCN(CC)CC.CN(C(N)=O)c1cc(=O)n(-c2ccc(S(=O)(=O)O)cc2)[nH]1. The highest BCUT2D eigenvalue weighted by atomic mass is 32.2. The normalized spacial score (nSPS) is 11.1. The van der Waals surface area contributed by atoms with E-state index in [1.165, 1.54) is 44.9 Å². The molecule has 1 aromatic heterocycles. The van der Waals surface area contributed by atoms with Crippen LogP contribution < -0.4 is 16.2 Å². The van der Waals surface area contributed by atoms with Crippen LogP contribution in [0.1, 0.15) is 20.8 Å². The molecule has 1 aromatic carbocycles. The Morgan fingerprint density at radius 2 is 1.64 bits per heavy atom. The van der Waals surface area contributed by atoms with Gasteiger partial charge in [0, 0.05) is 13.1 Å². The van der Waals surface area contributed by atoms with Gasteiger partial charge < -0.3 is 10.6 Å². The molecular weight excluding hydrogens is 386 g/mol. The van der Waals surface area contributed by atoms with Crippen LogP contribution in [-0.4, -0.2) is 60.4 Å². The molecule has 4 N–H and O–H groups in total. The summed E-state index contributed by atoms with van der Waals surface area (Å²) in [5.74, 6) is 0.186. The third-order valence-electron chi connectivity index (χ3n) is 4.13. The lowest BCUT2D eigenvalue weighted by Crippen LogP contribution is -2.32. The molecule has 0 unspecified atom stereocenters. The number of hydrogen-bond acceptors (Lipinski definition) is 5. The van der Waals surface area contributed by atoms with E-state index < -0.39 is 21.7 Å². The largest absolute Gasteiger partial charge is 0.351 e. The van der Waals surface area contributed by atoms with Gasteiger partial charge in [-0.3, -0.25) is 19.3 Å². The van der Waals surface area contributed by atoms with E-state index in [2.05, 4.69) is 30.8 Å². The second kappa shape index (κ2) is 10.1. The summed E-state index contributed by atoms with van der Waals surface area (Å²) in [4.78, 5) is 26.0. The average Bonchev–Trinajstić information content (AvgIpc) is 3.04. The summed E-state index contributed by atoms with van der Waals surface area (Å²) in [7, 11) is -2.91. The van der Waals surface area contributed by atoms with Gasteiger partial charge in [-0.15, -0.1) is 0 Å². The van der Waals surface area contributed by atoms with Crippen LogP contribution in [0.2, 0.25) is 0 Å². The molecule has 0 saturated heterocycles. The molecule has 1 heterocycles. The molecule has 0 saturated carbocycles. The van der Waals surface area contributed by atoms with Crippen LogP contribution in [-0.2, 0) is 10.1 Å². The third kappa shape index (κ3) is 6.22. The molecule has 11 heteroatoms. The van der Waals surface area contributed by atoms with E-state index in [4.69, 9.17) is 10.3 Å². The predicted molar refractivity (Wildman–Crippen MR) is 108 cm³/mol. The van der Waals surface area contributed by atoms with Gasteiger partial charge in [0.15, 0.2) is 0 Å². The zero-order chi connectivity index (χ0) is 21.5. The van der Waals surface area contributed by atoms with Crippen molar-refractivity contribution in [3.8, 4) is 5.69 Å². The monoisotopic (exact) mass is 413 g/mol. The number of aromatic amines is 1. The number of nitrogens with two attached hydrogens (primary N) is 1. The number of nitrogens with one attached hydrogen (secondary N) is 1. The summed E-state index contributed by atoms with van der Waals surface area (Å²) in [6.45, 7) is 10.1. The van der Waals surface area contributed by atoms with Crippen molar-refractivity contribution in [2.24, 2.45) is 5.73 Å². The second-order valence-electron chi connectivity index (χ2n) is 5.80. The van der Waals surface area contributed by atoms with Crippen molar-refractivity contribution >= 4 is 22.0 Å². The maximum absolute atomic E-state index is 11.8. The Bertz CT molecular complexity index is 924. The molecule has 28 heavy (non-hydrogen) atoms. The Kier molecular flexibility index (Phi) is 8.41. The van der Waals surface area contributed by atoms with Crippen molar-refractivity contribution in [3.05, 3.63) is 40.7 Å². The lowest BCUT2D eigenvalue weighted by atomic mass is 10.3. The highest BCUT2D eigenvalue weighted by molar-refractivity contribution is 7.85. The van der Waals surface area contributed by atoms with Crippen molar-refractivity contribution in [2.75, 3.05) is 31.6 Å². The number of rotatable bonds is 6. The molecule has 0 aliphatic rings. The molecule has 0 aliphatic carbocycles. The summed E-state index contributed by atoms with van der Waals surface area (Å²) in [5, 5.41) is 2.65. The molecule has 0 fully saturated rings. The Balaban J connectivity index is 0.000000480. The first kappa shape index (κ1) is 23.4. The molecule has 0 atom stereocenters. The molecule has 156 valence electrons. The number of benzene rings is 1. The number of H-pyrrole nitrogens is 1. The Hall–Kier alpha value is -2.63. The van der Waals surface area contributed by atoms with E-state index in [9.17, 15) is 18.0 Å². The fraction of sp³-hybridized carbons (Fsp3) is 0.412. The van der Waals surface area contributed by atoms with Gasteiger partial charge in [-0.2, -0.15) is 8.42 Å². The summed E-state index contributed by atoms with van der Waals surface area (Å²) < 4.78 is 31.9. The fourth-order valence-electron chi connectivity index (χ4n) is 2.30. The zero-order valence-corrected chi connectivity index (χ0v) is 17.2. The van der Waals surface area contributed by atoms with Crippen LogP contribution in [0.25, 0.3) is 5.69 Å². The van der Waals surface area contributed by atoms with Crippen molar-refractivity contribution < 1.29 is 17.8 Å². The Morgan fingerprint density at radius 1 is 1.14 bits per heavy atom. The van der Waals surface area contributed by atoms with Crippen LogP contribution in [0.4, 0.5) is 10.6 Å². The van der Waals surface area contributed by atoms with E-state index in [0.717, 1.165) is 21.7 Å². The molecule has 2 aromatic rings. The molecular formula is C17H27N5O5S. The number of anilines is 1. The van der Waals surface area contributed by atoms with Crippen LogP contribution in [0, 0.1) is 0 Å². The minimum absolute atomic E-state index is 0.186. The van der Waals surface area contributed by atoms with Crippen molar-refractivity contribution in [1.82, 2.24) is 14.7 Å². The van der Waals surface area contributed by atoms with E-state index in [-0.39, 0.29) is 10.7 Å². The molecule has 0 spiro atoms. The predicted octanol–water partition coefficient (Wildman–Crippen LogP) is 1.28. The standard InChI is InChI=1S/C11H12N4O5S.C6H15N/c1-14(11(12)17)9-6-10(16)15(13-9)7-2-4-8(5-3-7)21(18,19)20;1-4-7(5-2)6-3/h2-6,13H,1H3,(H2,12,17)(H,18,19,20);4-6H2,1-3H3. The smallest absolute Gasteiger partial charge is 0.320 e. The topological polar surface area (TPSA) is 142 Å². The third-order valence-corrected chi connectivity index (χ3v) is 5.00. The van der Waals surface area contributed by atoms with E-state index in [1.54, 1.807) is 0 Å². The maximum atomic E-state index is 11.8. The fourth-order valence-corrected chi connectivity index (χ4v) is 2.78. The first-order valence-corrected chi connectivity index (χ1v) is 10.1. The number of amides is 2. The lowest BCUT2D eigenvalue weighted by molar-refractivity contribution is 0.255. The first-order valence-electron chi connectivity index (χ1n) is 8.70. The quantitative estimate of drug-likeness (QED) is 0.609. The minimum atomic E-state index is -4.30. The zero-order valence-electron chi connectivity index (χ0n) is 16.4. The summed E-state index contributed by atoms with van der Waals surface area (Å²) >= 11 is 0. The van der Waals surface area contributed by atoms with Gasteiger partial charge >= 0.3 is 6.03 Å². The number of primary amides is 1. The molecule has 0 bridgehead atoms. The van der Waals surface area contributed by atoms with Crippen LogP contribution >= 0.6 is 0 Å². The number of nitrogens with zero attached hydrogens (tertiary/aromatic N) is 3. The molecule has 2 amide bonds. The Labute approximate surface area is 164 Å². The summed E-state index contributed by atoms with van der Waals surface area (Å²) in [6.07, 6.45) is 0. The molecule has 10 nitrogen and oxygen atoms in total. The first-order chi connectivity index (χ1) is 13.0. The highest BCUT2D eigenvalue weighted by Crippen LogP contribution is 2.13. The molecule has 2 rings (SSSR count). The van der Waals surface area contributed by atoms with Gasteiger partial charge in [-0.1, -0.05) is 20.8 Å². The van der Waals surface area contributed by atoms with Gasteiger partial charge in [0.2, 0.25) is 0 Å². The van der Waals surface area contributed by atoms with Crippen LogP contribution in [0.3, 0.4) is 0 Å². The van der Waals surface area contributed by atoms with Gasteiger partial charge in [0.25, 0.3) is 15.7 Å². The number of carbonyl (C=O) groups is 1. The van der Waals surface area contributed by atoms with Gasteiger partial charge in [0.05, 0.1) is 10.6 Å². The van der Waals surface area contributed by atoms with Gasteiger partial charge in [0.1, 0.15) is 5.82 Å². The van der Waals surface area contributed by atoms with Crippen LogP contribution in [0.15, 0.2) is 40.0 Å². The van der Waals surface area contributed by atoms with Gasteiger partial charge in [-0.05, 0) is 43.9 Å². The van der Waals surface area contributed by atoms with Crippen LogP contribution in [0.5, 0.6) is 0 Å². The molecule has 0 aliphatic heterocycles. The maximum Gasteiger partial charge on any atom is 0.320 e. The average molecular weight is 414 g/mol. The number of hydrogen-bond donors (Lipinski definition) is 3. The lowest BCUT2D eigenvalue weighted by Gasteiger charge is -2.13. The number of urea groups is 1. The number of carbonyl (C=O) groups excluding carboxylic acids is 1. The Morgan fingerprint density at radius 3 is 2.00 bits per heavy atom. The van der Waals surface area contributed by atoms with Crippen molar-refractivity contribution in [1.29, 1.82) is 0 Å². The van der Waals surface area contributed by atoms with Crippen molar-refractivity contribution in [3.63, 3.8) is 0 Å². The number of aromatic nitrogens is 2. The van der Waals surface area contributed by atoms with Gasteiger partial charge in [-0.25, -0.2) is 9.48 Å². The second-order valence-corrected chi connectivity index (χ2v) is 7.22.